The van der Waals surface area contributed by atoms with Gasteiger partial charge in [-0.05, 0) is 0 Å². The van der Waals surface area contributed by atoms with Crippen LogP contribution in [0.4, 0.5) is 0 Å². The summed E-state index contributed by atoms with van der Waals surface area (Å²) < 4.78 is 522. The van der Waals surface area contributed by atoms with Gasteiger partial charge in [-0.15, -0.1) is 0 Å². The van der Waals surface area contributed by atoms with E-state index < -0.39 is 0 Å². The normalized spacial score (nSPS) is 24.4. The summed E-state index contributed by atoms with van der Waals surface area (Å²) >= 11 is 0. The Labute approximate surface area is 320 Å². The quantitative estimate of drug-likeness (QED) is 0.241. The molecule has 0 saturated heterocycles. The van der Waals surface area contributed by atoms with Gasteiger partial charge in [0.05, 0.1) is 0 Å². The van der Waals surface area contributed by atoms with Gasteiger partial charge in [0.1, 0.15) is 0 Å². The van der Waals surface area contributed by atoms with E-state index in [9.17, 15) is 0 Å². The van der Waals surface area contributed by atoms with Gasteiger partial charge in [-0.2, -0.15) is 0 Å². The Morgan fingerprint density at radius 1 is 0.278 bits per heavy atom. The predicted octanol–water partition coefficient (Wildman–Crippen LogP) is 27.7. The van der Waals surface area contributed by atoms with Gasteiger partial charge in [0, 0.05) is 179 Å². The van der Waals surface area contributed by atoms with Gasteiger partial charge < -0.3 is 0 Å². The SMILES string of the molecule is C.C.C.C.C.C.C.C.C.[3HH].[3HH].[3HH].[3HH].[3HH].[3HH].[3HH].[3HH].[3HH].[3HH].[3HH].[3HH].[3HH].[3HH].[3HH].[3HH].[3HH].[3HH].[3HH].[3H]C.[3H]C.[3H]C.[3H]C.[3H]C.[3H]C.[3H]C.[3H]C.[3H]C.[3H][3H].[3H][3H].[3H][3H].[3H][3H].[3H][3H].[3H][3H].[3H][3H].[3H][3H].[3H][3H].[3H][3H].[3H][3H].[3H][3H].[3H][3H].[3H][3H].[3H][3H].[3H][3H].[3H][3H].[3H][3H].[3H][3H].[3H][3H].[3H][3H].[3H][3H].[3H][3H].[3H][3H].[3H][3H].[3H][3H].[3H][3H].[3H][3H].[3H][3H].[3H][3H].[3H][3H].[3H][3H].[3H][3H].[3H][3H].[3H][3H].[3H][3H].[3H][3H].[3H][3H].[3H][3H].[3H][3H].[3H][3H].[3H][3H].[3H][3H].[3H][3H].[3H][3H].[3H][3H].[3H][3H]. The molecule has 0 aliphatic rings. The van der Waals surface area contributed by atoms with Crippen LogP contribution in [0.5, 0.6) is 0 Å². The lowest BCUT2D eigenvalue weighted by Gasteiger charge is -0.0786. The van der Waals surface area contributed by atoms with E-state index in [4.69, 9.17) is 152 Å². The van der Waals surface area contributed by atoms with E-state index in [2.05, 4.69) is 0 Å². The Hall–Kier alpha value is 0. The zero-order chi connectivity index (χ0) is 112. The summed E-state index contributed by atoms with van der Waals surface area (Å²) in [6.45, 7) is 0. The fraction of sp³-hybridized carbons (Fsp3) is 1.00. The Morgan fingerprint density at radius 3 is 0.278 bits per heavy atom. The molecule has 0 aliphatic carbocycles. The van der Waals surface area contributed by atoms with E-state index in [1.165, 1.54) is 66.6 Å². The van der Waals surface area contributed by atoms with Gasteiger partial charge in [-0.25, -0.2) is 0 Å². The maximum absolute atomic E-state index is 5.75. The molecule has 0 aromatic heterocycles. The largest absolute Gasteiger partial charge is 0.0776 e. The third-order valence-corrected chi connectivity index (χ3v) is 0. The molecular formula is C18H204. The van der Waals surface area contributed by atoms with E-state index >= 15 is 0 Å². The van der Waals surface area contributed by atoms with Crippen molar-refractivity contribution in [3.63, 3.8) is 0 Å². The van der Waals surface area contributed by atoms with Crippen LogP contribution in [0, 0.1) is 0 Å². The Morgan fingerprint density at radius 2 is 0.278 bits per heavy atom. The van der Waals surface area contributed by atoms with Crippen molar-refractivity contribution in [3.05, 3.63) is 0 Å². The van der Waals surface area contributed by atoms with Gasteiger partial charge in [0.25, 0.3) is 0 Å². The van der Waals surface area contributed by atoms with Crippen LogP contribution in [0.15, 0.2) is 0 Å². The first-order valence-electron chi connectivity index (χ1n) is 56.0. The van der Waals surface area contributed by atoms with Crippen LogP contribution in [0.2, 0.25) is 0 Å². The van der Waals surface area contributed by atoms with Crippen molar-refractivity contribution >= 4 is 0 Å². The summed E-state index contributed by atoms with van der Waals surface area (Å²) in [7, 11) is 11.2. The second kappa shape index (κ2) is 0. The summed E-state index contributed by atoms with van der Waals surface area (Å²) in [4.78, 5) is 0. The lowest BCUT2D eigenvalue weighted by Crippen LogP contribution is 0.143. The topological polar surface area (TPSA) is 0 Å². The molecule has 18 heavy (non-hydrogen) atoms. The maximum atomic E-state index is 5.75. The molecule has 0 atom stereocenters. The molecule has 0 N–H and O–H groups in total. The average Bonchev–Trinajstić information content (AvgIpc) is 3.95. The predicted molar refractivity (Wildman–Crippen MR) is 261 cm³/mol. The van der Waals surface area contributed by atoms with E-state index in [1.807, 2.05) is 0 Å². The van der Waals surface area contributed by atoms with Crippen molar-refractivity contribution in [2.45, 2.75) is 133 Å². The second-order valence-electron chi connectivity index (χ2n) is 0. The van der Waals surface area contributed by atoms with Crippen molar-refractivity contribution in [1.29, 1.82) is 0 Å². The van der Waals surface area contributed by atoms with E-state index in [0.717, 1.165) is 0 Å². The van der Waals surface area contributed by atoms with Crippen molar-refractivity contribution in [1.82, 2.24) is 0 Å². The lowest BCUT2D eigenvalue weighted by molar-refractivity contribution is 2.50. The summed E-state index contributed by atoms with van der Waals surface area (Å²) in [5, 5.41) is 0. The molecule has 0 saturated carbocycles. The van der Waals surface area contributed by atoms with Crippen LogP contribution in [0.1, 0.15) is 312 Å². The molecule has 0 nitrogen and oxygen atoms in total. The van der Waals surface area contributed by atoms with Crippen LogP contribution >= 0.6 is 0 Å². The molecule has 0 amide bonds. The molecule has 0 unspecified atom stereocenters. The summed E-state index contributed by atoms with van der Waals surface area (Å²) in [6.07, 6.45) is 0. The van der Waals surface area contributed by atoms with Gasteiger partial charge in [-0.1, -0.05) is 133 Å². The highest BCUT2D eigenvalue weighted by Crippen LogP contribution is 0.161. The van der Waals surface area contributed by atoms with Gasteiger partial charge in [0.2, 0.25) is 0 Å². The van der Waals surface area contributed by atoms with Gasteiger partial charge >= 0.3 is 0 Å². The maximum Gasteiger partial charge on any atom is 0.0194 e. The fourth-order valence-electron chi connectivity index (χ4n) is 0. The highest BCUT2D eigenvalue weighted by atomic mass is 12.0. The first-order chi connectivity index (χ1) is 56.0. The van der Waals surface area contributed by atoms with Crippen LogP contribution in [0.3, 0.4) is 0 Å². The summed E-state index contributed by atoms with van der Waals surface area (Å²) in [5.74, 6) is 0. The van der Waals surface area contributed by atoms with Crippen molar-refractivity contribution < 1.29 is 179 Å². The Bertz CT molecular complexity index is 77.5. The fourth-order valence-corrected chi connectivity index (χ4v) is 0. The molecule has 0 aromatic carbocycles. The van der Waals surface area contributed by atoms with Crippen LogP contribution < -0.4 is 0 Å². The van der Waals surface area contributed by atoms with Crippen LogP contribution in [0.25, 0.3) is 0 Å². The zero-order valence-electron chi connectivity index (χ0n) is 112. The van der Waals surface area contributed by atoms with Crippen LogP contribution in [-0.2, 0) is 0 Å². The zero-order valence-corrected chi connectivity index (χ0v) is 9.00. The minimum atomic E-state index is 0. The molecule has 0 radical (unpaired) electrons. The third-order valence-electron chi connectivity index (χ3n) is 0. The van der Waals surface area contributed by atoms with Crippen molar-refractivity contribution in [2.75, 3.05) is 0 Å². The molecule has 276 valence electrons. The van der Waals surface area contributed by atoms with Crippen molar-refractivity contribution in [3.8, 4) is 0 Å². The first kappa shape index (κ1) is 1.66. The summed E-state index contributed by atoms with van der Waals surface area (Å²) in [5.41, 5.74) is 0. The van der Waals surface area contributed by atoms with E-state index in [-0.39, 0.29) is 93.9 Å². The van der Waals surface area contributed by atoms with Crippen molar-refractivity contribution in [2.24, 2.45) is 0 Å². The molecular weight excluding hydrogens is 216 g/mol. The Balaban J connectivity index is -0.00000000277. The van der Waals surface area contributed by atoms with Crippen LogP contribution in [-0.4, -0.2) is 0 Å². The Kier molecular flexibility index (Phi) is 0. The molecule has 0 aliphatic heterocycles. The first-order valence-corrected chi connectivity index (χ1v) is 0. The molecule has 0 heteroatoms. The van der Waals surface area contributed by atoms with E-state index in [1.54, 1.807) is 0 Å². The minimum absolute atomic E-state index is 0. The number of hydrogen-bond donors (Lipinski definition) is 0. The summed E-state index contributed by atoms with van der Waals surface area (Å²) in [6, 6.07) is 0. The smallest absolute Gasteiger partial charge is 0.0194 e. The third kappa shape index (κ3) is 0. The number of hydrogen-bond acceptors (Lipinski definition) is 0. The minimum Gasteiger partial charge on any atom is -0.0776 e. The molecule has 0 bridgehead atoms. The highest BCUT2D eigenvalue weighted by Gasteiger charge is -0.0606. The monoisotopic (exact) mass is 667 g/mol. The van der Waals surface area contributed by atoms with Gasteiger partial charge in [0.15, 0.2) is 0 Å². The molecule has 0 spiro atoms. The second-order valence-corrected chi connectivity index (χ2v) is 0. The average molecular weight is 667 g/mol. The van der Waals surface area contributed by atoms with Gasteiger partial charge in [-0.3, -0.25) is 0 Å². The molecule has 0 rings (SSSR count). The highest BCUT2D eigenvalue weighted by molar-refractivity contribution is 2.52. The molecule has 0 heterocycles. The molecule has 0 fully saturated rings. The standard InChI is InChI=1S/18CH4.66H2/h18*1H4;66*1H/i9*1T;;;;;;;;;;47*1+2T;19*1+2. The van der Waals surface area contributed by atoms with E-state index in [0.29, 0.717) is 0 Å². The number of rotatable bonds is 0. The lowest BCUT2D eigenvalue weighted by atomic mass is 12.0. The molecule has 0 aromatic rings.